The Morgan fingerprint density at radius 3 is 2.83 bits per heavy atom. The number of rotatable bonds is 4. The Kier molecular flexibility index (Phi) is 4.07. The van der Waals surface area contributed by atoms with E-state index in [9.17, 15) is 8.42 Å². The number of halogens is 2. The first-order chi connectivity index (χ1) is 8.40. The molecule has 18 heavy (non-hydrogen) atoms. The minimum Gasteiger partial charge on any atom is -0.262 e. The second-order valence-electron chi connectivity index (χ2n) is 3.40. The van der Waals surface area contributed by atoms with Crippen LogP contribution in [0.3, 0.4) is 0 Å². The van der Waals surface area contributed by atoms with Gasteiger partial charge in [-0.15, -0.1) is 11.3 Å². The van der Waals surface area contributed by atoms with Gasteiger partial charge in [-0.1, -0.05) is 11.6 Å². The van der Waals surface area contributed by atoms with Crippen molar-refractivity contribution in [3.8, 4) is 0 Å². The first-order valence-corrected chi connectivity index (χ1v) is 8.19. The summed E-state index contributed by atoms with van der Waals surface area (Å²) >= 11 is 10.0. The summed E-state index contributed by atoms with van der Waals surface area (Å²) in [4.78, 5) is 3.89. The quantitative estimate of drug-likeness (QED) is 0.863. The number of H-pyrrole nitrogens is 1. The normalized spacial score (nSPS) is 13.7. The van der Waals surface area contributed by atoms with E-state index in [2.05, 4.69) is 35.8 Å². The maximum absolute atomic E-state index is 12.1. The minimum atomic E-state index is -3.62. The SMILES string of the molecule is CC(NS(=O)(=O)c1cc(Cl)c(Br)s1)c1ncn[nH]1. The third-order valence-corrected chi connectivity index (χ3v) is 6.55. The zero-order valence-electron chi connectivity index (χ0n) is 9.02. The second kappa shape index (κ2) is 5.25. The fourth-order valence-corrected chi connectivity index (χ4v) is 4.85. The van der Waals surface area contributed by atoms with E-state index in [4.69, 9.17) is 11.6 Å². The van der Waals surface area contributed by atoms with Crippen LogP contribution in [0.4, 0.5) is 0 Å². The molecule has 0 spiro atoms. The lowest BCUT2D eigenvalue weighted by Crippen LogP contribution is -2.27. The molecule has 0 bridgehead atoms. The van der Waals surface area contributed by atoms with Gasteiger partial charge in [0, 0.05) is 0 Å². The topological polar surface area (TPSA) is 87.7 Å². The summed E-state index contributed by atoms with van der Waals surface area (Å²) in [7, 11) is -3.62. The van der Waals surface area contributed by atoms with E-state index in [-0.39, 0.29) is 4.21 Å². The molecule has 2 aromatic rings. The summed E-state index contributed by atoms with van der Waals surface area (Å²) in [5.74, 6) is 0.445. The fourth-order valence-electron chi connectivity index (χ4n) is 1.23. The van der Waals surface area contributed by atoms with Gasteiger partial charge in [0.2, 0.25) is 0 Å². The molecule has 1 unspecified atom stereocenters. The molecule has 2 N–H and O–H groups in total. The molecule has 0 aliphatic rings. The molecule has 2 heterocycles. The van der Waals surface area contributed by atoms with Gasteiger partial charge in [-0.25, -0.2) is 18.1 Å². The Balaban J connectivity index is 2.22. The average Bonchev–Trinajstić information content (AvgIpc) is 2.89. The number of sulfonamides is 1. The average molecular weight is 372 g/mol. The number of nitrogens with one attached hydrogen (secondary N) is 2. The highest BCUT2D eigenvalue weighted by atomic mass is 79.9. The Bertz CT molecular complexity index is 621. The van der Waals surface area contributed by atoms with Crippen LogP contribution in [0.15, 0.2) is 20.4 Å². The van der Waals surface area contributed by atoms with Crippen LogP contribution < -0.4 is 4.72 Å². The van der Waals surface area contributed by atoms with E-state index in [0.717, 1.165) is 11.3 Å². The van der Waals surface area contributed by atoms with Gasteiger partial charge in [-0.3, -0.25) is 5.10 Å². The molecule has 0 saturated carbocycles. The number of nitrogens with zero attached hydrogens (tertiary/aromatic N) is 2. The number of aromatic nitrogens is 3. The zero-order valence-corrected chi connectivity index (χ0v) is 13.0. The molecule has 2 aromatic heterocycles. The fraction of sp³-hybridized carbons (Fsp3) is 0.250. The monoisotopic (exact) mass is 370 g/mol. The van der Waals surface area contributed by atoms with Gasteiger partial charge in [-0.05, 0) is 28.9 Å². The zero-order chi connectivity index (χ0) is 13.3. The van der Waals surface area contributed by atoms with Crippen LogP contribution in [0.1, 0.15) is 18.8 Å². The summed E-state index contributed by atoms with van der Waals surface area (Å²) < 4.78 is 27.3. The van der Waals surface area contributed by atoms with Gasteiger partial charge < -0.3 is 0 Å². The van der Waals surface area contributed by atoms with Crippen LogP contribution >= 0.6 is 38.9 Å². The lowest BCUT2D eigenvalue weighted by Gasteiger charge is -2.09. The number of hydrogen-bond acceptors (Lipinski definition) is 5. The van der Waals surface area contributed by atoms with Crippen LogP contribution in [-0.2, 0) is 10.0 Å². The molecule has 2 rings (SSSR count). The Morgan fingerprint density at radius 2 is 2.33 bits per heavy atom. The highest BCUT2D eigenvalue weighted by Gasteiger charge is 2.22. The van der Waals surface area contributed by atoms with Crippen molar-refractivity contribution in [1.29, 1.82) is 0 Å². The lowest BCUT2D eigenvalue weighted by atomic mass is 10.3. The van der Waals surface area contributed by atoms with Crippen LogP contribution in [0.25, 0.3) is 0 Å². The molecule has 0 aliphatic heterocycles. The predicted octanol–water partition coefficient (Wildman–Crippen LogP) is 2.32. The van der Waals surface area contributed by atoms with Crippen LogP contribution in [0, 0.1) is 0 Å². The summed E-state index contributed by atoms with van der Waals surface area (Å²) in [6, 6.07) is 0.892. The standard InChI is InChI=1S/C8H8BrClN4O2S2/c1-4(8-11-3-12-13-8)14-18(15,16)6-2-5(10)7(9)17-6/h2-4,14H,1H3,(H,11,12,13). The van der Waals surface area contributed by atoms with E-state index in [1.807, 2.05) is 0 Å². The summed E-state index contributed by atoms with van der Waals surface area (Å²) in [5, 5.41) is 6.64. The predicted molar refractivity (Wildman–Crippen MR) is 72.1 cm³/mol. The number of hydrogen-bond donors (Lipinski definition) is 2. The molecule has 0 saturated heterocycles. The molecule has 0 fully saturated rings. The van der Waals surface area contributed by atoms with Gasteiger partial charge in [0.25, 0.3) is 10.0 Å². The Labute approximate surface area is 121 Å². The molecular formula is C8H8BrClN4O2S2. The second-order valence-corrected chi connectivity index (χ2v) is 8.12. The third kappa shape index (κ3) is 2.91. The molecular weight excluding hydrogens is 364 g/mol. The van der Waals surface area contributed by atoms with Crippen molar-refractivity contribution in [2.75, 3.05) is 0 Å². The van der Waals surface area contributed by atoms with Gasteiger partial charge in [0.15, 0.2) is 0 Å². The number of thiophene rings is 1. The molecule has 10 heteroatoms. The van der Waals surface area contributed by atoms with E-state index >= 15 is 0 Å². The van der Waals surface area contributed by atoms with Crippen LogP contribution in [0.5, 0.6) is 0 Å². The number of aromatic amines is 1. The highest BCUT2D eigenvalue weighted by Crippen LogP contribution is 2.34. The Morgan fingerprint density at radius 1 is 1.61 bits per heavy atom. The summed E-state index contributed by atoms with van der Waals surface area (Å²) in [6.45, 7) is 1.67. The lowest BCUT2D eigenvalue weighted by molar-refractivity contribution is 0.562. The molecule has 0 aromatic carbocycles. The smallest absolute Gasteiger partial charge is 0.250 e. The van der Waals surface area contributed by atoms with Crippen LogP contribution in [0.2, 0.25) is 5.02 Å². The van der Waals surface area contributed by atoms with Gasteiger partial charge >= 0.3 is 0 Å². The van der Waals surface area contributed by atoms with Gasteiger partial charge in [0.1, 0.15) is 16.4 Å². The van der Waals surface area contributed by atoms with E-state index < -0.39 is 16.1 Å². The van der Waals surface area contributed by atoms with Crippen molar-refractivity contribution >= 4 is 48.9 Å². The summed E-state index contributed by atoms with van der Waals surface area (Å²) in [5.41, 5.74) is 0. The van der Waals surface area contributed by atoms with Crippen molar-refractivity contribution in [3.05, 3.63) is 27.0 Å². The molecule has 1 atom stereocenters. The highest BCUT2D eigenvalue weighted by molar-refractivity contribution is 9.11. The van der Waals surface area contributed by atoms with E-state index in [0.29, 0.717) is 14.6 Å². The van der Waals surface area contributed by atoms with Crippen molar-refractivity contribution in [3.63, 3.8) is 0 Å². The maximum atomic E-state index is 12.1. The molecule has 0 radical (unpaired) electrons. The molecule has 6 nitrogen and oxygen atoms in total. The molecule has 98 valence electrons. The molecule has 0 amide bonds. The van der Waals surface area contributed by atoms with Crippen molar-refractivity contribution in [2.24, 2.45) is 0 Å². The van der Waals surface area contributed by atoms with Gasteiger partial charge in [-0.2, -0.15) is 5.10 Å². The first kappa shape index (κ1) is 13.9. The van der Waals surface area contributed by atoms with Crippen LogP contribution in [-0.4, -0.2) is 23.6 Å². The minimum absolute atomic E-state index is 0.144. The van der Waals surface area contributed by atoms with Crippen molar-refractivity contribution in [2.45, 2.75) is 17.2 Å². The summed E-state index contributed by atoms with van der Waals surface area (Å²) in [6.07, 6.45) is 1.32. The largest absolute Gasteiger partial charge is 0.262 e. The van der Waals surface area contributed by atoms with E-state index in [1.165, 1.54) is 12.4 Å². The first-order valence-electron chi connectivity index (χ1n) is 4.72. The Hall–Kier alpha value is -0.480. The third-order valence-electron chi connectivity index (χ3n) is 2.06. The maximum Gasteiger partial charge on any atom is 0.250 e. The molecule has 0 aliphatic carbocycles. The van der Waals surface area contributed by atoms with E-state index in [1.54, 1.807) is 6.92 Å². The van der Waals surface area contributed by atoms with Crippen molar-refractivity contribution < 1.29 is 8.42 Å². The van der Waals surface area contributed by atoms with Crippen molar-refractivity contribution in [1.82, 2.24) is 19.9 Å². The van der Waals surface area contributed by atoms with Gasteiger partial charge in [0.05, 0.1) is 14.9 Å².